The molecule has 3 aromatic rings. The number of aromatic nitrogens is 2. The Kier molecular flexibility index (Phi) is 5.13. The zero-order valence-electron chi connectivity index (χ0n) is 13.7. The van der Waals surface area contributed by atoms with E-state index in [-0.39, 0.29) is 29.6 Å². The minimum absolute atomic E-state index is 0.0453. The molecule has 0 saturated heterocycles. The Bertz CT molecular complexity index is 1060. The summed E-state index contributed by atoms with van der Waals surface area (Å²) in [5.41, 5.74) is -3.24. The Labute approximate surface area is 162 Å². The molecule has 1 N–H and O–H groups in total. The van der Waals surface area contributed by atoms with E-state index in [2.05, 4.69) is 26.2 Å². The third-order valence-corrected chi connectivity index (χ3v) is 4.21. The van der Waals surface area contributed by atoms with Crippen molar-refractivity contribution in [1.29, 1.82) is 0 Å². The maximum absolute atomic E-state index is 12.9. The Balaban J connectivity index is 1.93. The summed E-state index contributed by atoms with van der Waals surface area (Å²) in [5, 5.41) is 2.47. The van der Waals surface area contributed by atoms with Crippen molar-refractivity contribution in [1.82, 2.24) is 9.38 Å². The van der Waals surface area contributed by atoms with Gasteiger partial charge in [-0.3, -0.25) is 9.20 Å². The van der Waals surface area contributed by atoms with Gasteiger partial charge in [-0.1, -0.05) is 0 Å². The molecule has 0 amide bonds. The average Bonchev–Trinajstić information content (AvgIpc) is 2.59. The first-order valence-electron chi connectivity index (χ1n) is 7.65. The van der Waals surface area contributed by atoms with Crippen molar-refractivity contribution in [3.8, 4) is 0 Å². The summed E-state index contributed by atoms with van der Waals surface area (Å²) in [4.78, 5) is 16.3. The minimum atomic E-state index is -4.94. The molecule has 0 spiro atoms. The normalized spacial score (nSPS) is 12.4. The number of nitrogens with zero attached hydrogens (tertiary/aromatic N) is 2. The quantitative estimate of drug-likeness (QED) is 0.547. The second-order valence-electron chi connectivity index (χ2n) is 5.81. The molecule has 0 atom stereocenters. The molecule has 0 aliphatic heterocycles. The van der Waals surface area contributed by atoms with Crippen LogP contribution in [-0.4, -0.2) is 9.38 Å². The first-order chi connectivity index (χ1) is 12.9. The molecule has 0 unspecified atom stereocenters. The molecule has 4 nitrogen and oxygen atoms in total. The predicted octanol–water partition coefficient (Wildman–Crippen LogP) is 5.11. The fourth-order valence-corrected chi connectivity index (χ4v) is 2.80. The molecule has 28 heavy (non-hydrogen) atoms. The Morgan fingerprint density at radius 1 is 0.964 bits per heavy atom. The molecule has 2 aromatic heterocycles. The van der Waals surface area contributed by atoms with E-state index in [9.17, 15) is 31.1 Å². The summed E-state index contributed by atoms with van der Waals surface area (Å²) in [6.45, 7) is -0.236. The number of rotatable bonds is 3. The standard InChI is InChI=1S/C17H10BrF6N3O/c18-11-1-2-14-26-13(6-15(28)27(14)8-11)7-25-12-4-9(16(19,20)21)3-10(5-12)17(22,23)24/h1-6,8,25H,7H2. The molecule has 0 fully saturated rings. The summed E-state index contributed by atoms with van der Waals surface area (Å²) in [7, 11) is 0. The number of alkyl halides is 6. The van der Waals surface area contributed by atoms with Crippen molar-refractivity contribution in [2.75, 3.05) is 5.32 Å². The SMILES string of the molecule is O=c1cc(CNc2cc(C(F)(F)F)cc(C(F)(F)F)c2)nc2ccc(Br)cn12. The summed E-state index contributed by atoms with van der Waals surface area (Å²) in [6.07, 6.45) is -8.39. The van der Waals surface area contributed by atoms with Crippen molar-refractivity contribution >= 4 is 27.3 Å². The van der Waals surface area contributed by atoms with Gasteiger partial charge in [0.1, 0.15) is 5.65 Å². The van der Waals surface area contributed by atoms with Gasteiger partial charge in [-0.05, 0) is 46.3 Å². The molecule has 0 aliphatic rings. The van der Waals surface area contributed by atoms with Crippen LogP contribution in [0.2, 0.25) is 0 Å². The van der Waals surface area contributed by atoms with Gasteiger partial charge in [0, 0.05) is 22.4 Å². The molecule has 1 aromatic carbocycles. The number of hydrogen-bond donors (Lipinski definition) is 1. The Hall–Kier alpha value is -2.56. The maximum atomic E-state index is 12.9. The predicted molar refractivity (Wildman–Crippen MR) is 92.9 cm³/mol. The van der Waals surface area contributed by atoms with Gasteiger partial charge in [0.25, 0.3) is 5.56 Å². The topological polar surface area (TPSA) is 46.4 Å². The smallest absolute Gasteiger partial charge is 0.379 e. The monoisotopic (exact) mass is 465 g/mol. The number of halogens is 7. The summed E-state index contributed by atoms with van der Waals surface area (Å²) >= 11 is 3.21. The summed E-state index contributed by atoms with van der Waals surface area (Å²) in [5.74, 6) is 0. The van der Waals surface area contributed by atoms with E-state index in [1.54, 1.807) is 12.1 Å². The van der Waals surface area contributed by atoms with Crippen molar-refractivity contribution in [2.45, 2.75) is 18.9 Å². The number of anilines is 1. The first kappa shape index (κ1) is 20.2. The highest BCUT2D eigenvalue weighted by Crippen LogP contribution is 2.37. The molecule has 0 bridgehead atoms. The lowest BCUT2D eigenvalue weighted by Crippen LogP contribution is -2.17. The average molecular weight is 466 g/mol. The second kappa shape index (κ2) is 7.12. The lowest BCUT2D eigenvalue weighted by molar-refractivity contribution is -0.143. The van der Waals surface area contributed by atoms with Gasteiger partial charge in [-0.2, -0.15) is 26.3 Å². The highest BCUT2D eigenvalue weighted by molar-refractivity contribution is 9.10. The van der Waals surface area contributed by atoms with E-state index in [1.165, 1.54) is 10.6 Å². The van der Waals surface area contributed by atoms with Gasteiger partial charge in [-0.25, -0.2) is 4.98 Å². The lowest BCUT2D eigenvalue weighted by atomic mass is 10.1. The fourth-order valence-electron chi connectivity index (χ4n) is 2.47. The molecular formula is C17H10BrF6N3O. The van der Waals surface area contributed by atoms with Crippen molar-refractivity contribution < 1.29 is 26.3 Å². The number of pyridine rings is 1. The zero-order valence-corrected chi connectivity index (χ0v) is 15.3. The minimum Gasteiger partial charge on any atom is -0.379 e. The Morgan fingerprint density at radius 3 is 2.14 bits per heavy atom. The highest BCUT2D eigenvalue weighted by Gasteiger charge is 2.36. The van der Waals surface area contributed by atoms with Gasteiger partial charge >= 0.3 is 12.4 Å². The first-order valence-corrected chi connectivity index (χ1v) is 8.44. The van der Waals surface area contributed by atoms with E-state index in [1.807, 2.05) is 0 Å². The van der Waals surface area contributed by atoms with E-state index < -0.39 is 29.0 Å². The van der Waals surface area contributed by atoms with Crippen LogP contribution < -0.4 is 10.9 Å². The van der Waals surface area contributed by atoms with Crippen LogP contribution in [0, 0.1) is 0 Å². The summed E-state index contributed by atoms with van der Waals surface area (Å²) in [6, 6.07) is 5.51. The number of hydrogen-bond acceptors (Lipinski definition) is 3. The third-order valence-electron chi connectivity index (χ3n) is 3.74. The molecule has 0 radical (unpaired) electrons. The van der Waals surface area contributed by atoms with E-state index in [0.29, 0.717) is 16.6 Å². The van der Waals surface area contributed by atoms with Crippen molar-refractivity contribution in [2.24, 2.45) is 0 Å². The van der Waals surface area contributed by atoms with Crippen LogP contribution in [0.1, 0.15) is 16.8 Å². The van der Waals surface area contributed by atoms with Gasteiger partial charge < -0.3 is 5.32 Å². The molecule has 2 heterocycles. The van der Waals surface area contributed by atoms with Gasteiger partial charge in [0.2, 0.25) is 0 Å². The zero-order chi connectivity index (χ0) is 20.7. The van der Waals surface area contributed by atoms with Crippen LogP contribution >= 0.6 is 15.9 Å². The van der Waals surface area contributed by atoms with Crippen molar-refractivity contribution in [3.05, 3.63) is 74.2 Å². The molecular weight excluding hydrogens is 456 g/mol. The van der Waals surface area contributed by atoms with Gasteiger partial charge in [0.15, 0.2) is 0 Å². The van der Waals surface area contributed by atoms with Crippen LogP contribution in [-0.2, 0) is 18.9 Å². The van der Waals surface area contributed by atoms with Crippen LogP contribution in [0.25, 0.3) is 5.65 Å². The maximum Gasteiger partial charge on any atom is 0.416 e. The van der Waals surface area contributed by atoms with Crippen molar-refractivity contribution in [3.63, 3.8) is 0 Å². The van der Waals surface area contributed by atoms with Gasteiger partial charge in [0.05, 0.1) is 23.4 Å². The highest BCUT2D eigenvalue weighted by atomic mass is 79.9. The molecule has 0 aliphatic carbocycles. The third kappa shape index (κ3) is 4.46. The Morgan fingerprint density at radius 2 is 1.57 bits per heavy atom. The van der Waals surface area contributed by atoms with Crippen LogP contribution in [0.3, 0.4) is 0 Å². The van der Waals surface area contributed by atoms with Gasteiger partial charge in [-0.15, -0.1) is 0 Å². The number of fused-ring (bicyclic) bond motifs is 1. The molecule has 3 rings (SSSR count). The van der Waals surface area contributed by atoms with E-state index in [0.717, 1.165) is 6.07 Å². The summed E-state index contributed by atoms with van der Waals surface area (Å²) < 4.78 is 79.3. The number of benzene rings is 1. The van der Waals surface area contributed by atoms with Crippen LogP contribution in [0.15, 0.2) is 51.9 Å². The largest absolute Gasteiger partial charge is 0.416 e. The molecule has 148 valence electrons. The lowest BCUT2D eigenvalue weighted by Gasteiger charge is -2.15. The van der Waals surface area contributed by atoms with Crippen LogP contribution in [0.5, 0.6) is 0 Å². The second-order valence-corrected chi connectivity index (χ2v) is 6.73. The molecule has 0 saturated carbocycles. The van der Waals surface area contributed by atoms with E-state index >= 15 is 0 Å². The van der Waals surface area contributed by atoms with E-state index in [4.69, 9.17) is 0 Å². The fraction of sp³-hybridized carbons (Fsp3) is 0.176. The molecule has 11 heteroatoms. The number of nitrogens with one attached hydrogen (secondary N) is 1. The van der Waals surface area contributed by atoms with Crippen LogP contribution in [0.4, 0.5) is 32.0 Å².